The second kappa shape index (κ2) is 6.82. The molecule has 3 heterocycles. The fourth-order valence-corrected chi connectivity index (χ4v) is 3.53. The van der Waals surface area contributed by atoms with E-state index in [1.54, 1.807) is 26.2 Å². The molecule has 0 bridgehead atoms. The number of urea groups is 1. The summed E-state index contributed by atoms with van der Waals surface area (Å²) in [5.74, 6) is -0.503. The molecule has 1 aromatic rings. The van der Waals surface area contributed by atoms with Gasteiger partial charge in [0.25, 0.3) is 5.91 Å². The second-order valence-corrected chi connectivity index (χ2v) is 7.22. The van der Waals surface area contributed by atoms with Crippen LogP contribution < -0.4 is 5.32 Å². The molecule has 3 rings (SSSR count). The summed E-state index contributed by atoms with van der Waals surface area (Å²) in [4.78, 5) is 43.7. The maximum Gasteiger partial charge on any atom is 0.325 e. The van der Waals surface area contributed by atoms with Crippen molar-refractivity contribution in [2.24, 2.45) is 0 Å². The standard InChI is InChI=1S/C18H24N4O3/c1-18(2)16(24)22(17(25)20-18)12-15(23)21-11-3-4-14(21)6-5-13-7-9-19-10-8-13/h7-10,14H,3-6,11-12H2,1-2H3,(H,20,25). The van der Waals surface area contributed by atoms with Crippen LogP contribution in [0.2, 0.25) is 0 Å². The lowest BCUT2D eigenvalue weighted by Gasteiger charge is -2.26. The fraction of sp³-hybridized carbons (Fsp3) is 0.556. The van der Waals surface area contributed by atoms with Gasteiger partial charge in [0.2, 0.25) is 5.91 Å². The molecule has 4 amide bonds. The molecule has 2 fully saturated rings. The van der Waals surface area contributed by atoms with E-state index in [1.807, 2.05) is 17.0 Å². The Morgan fingerprint density at radius 1 is 1.32 bits per heavy atom. The number of carbonyl (C=O) groups excluding carboxylic acids is 3. The van der Waals surface area contributed by atoms with Gasteiger partial charge in [0, 0.05) is 25.0 Å². The average molecular weight is 344 g/mol. The summed E-state index contributed by atoms with van der Waals surface area (Å²) < 4.78 is 0. The van der Waals surface area contributed by atoms with Crippen molar-refractivity contribution in [1.82, 2.24) is 20.1 Å². The van der Waals surface area contributed by atoms with Gasteiger partial charge in [-0.3, -0.25) is 19.5 Å². The SMILES string of the molecule is CC1(C)NC(=O)N(CC(=O)N2CCCC2CCc2ccncc2)C1=O. The van der Waals surface area contributed by atoms with Crippen LogP contribution in [0.5, 0.6) is 0 Å². The van der Waals surface area contributed by atoms with E-state index in [0.29, 0.717) is 6.54 Å². The van der Waals surface area contributed by atoms with Gasteiger partial charge in [0.05, 0.1) is 0 Å². The largest absolute Gasteiger partial charge is 0.338 e. The fourth-order valence-electron chi connectivity index (χ4n) is 3.53. The highest BCUT2D eigenvalue weighted by atomic mass is 16.2. The van der Waals surface area contributed by atoms with Crippen molar-refractivity contribution in [3.05, 3.63) is 30.1 Å². The molecule has 134 valence electrons. The summed E-state index contributed by atoms with van der Waals surface area (Å²) in [7, 11) is 0. The Labute approximate surface area is 147 Å². The first-order valence-corrected chi connectivity index (χ1v) is 8.71. The highest BCUT2D eigenvalue weighted by molar-refractivity contribution is 6.08. The molecule has 0 spiro atoms. The number of nitrogens with zero attached hydrogens (tertiary/aromatic N) is 3. The van der Waals surface area contributed by atoms with Gasteiger partial charge in [-0.1, -0.05) is 0 Å². The Hall–Kier alpha value is -2.44. The topological polar surface area (TPSA) is 82.6 Å². The van der Waals surface area contributed by atoms with Crippen molar-refractivity contribution in [2.45, 2.75) is 51.1 Å². The molecule has 25 heavy (non-hydrogen) atoms. The van der Waals surface area contributed by atoms with Crippen LogP contribution in [-0.2, 0) is 16.0 Å². The number of carbonyl (C=O) groups is 3. The third-order valence-corrected chi connectivity index (χ3v) is 4.95. The first-order valence-electron chi connectivity index (χ1n) is 8.71. The molecular formula is C18H24N4O3. The maximum atomic E-state index is 12.7. The molecule has 2 aliphatic heterocycles. The van der Waals surface area contributed by atoms with Gasteiger partial charge in [-0.15, -0.1) is 0 Å². The van der Waals surface area contributed by atoms with Gasteiger partial charge in [-0.2, -0.15) is 0 Å². The quantitative estimate of drug-likeness (QED) is 0.817. The second-order valence-electron chi connectivity index (χ2n) is 7.22. The summed E-state index contributed by atoms with van der Waals surface area (Å²) in [6.07, 6.45) is 7.22. The van der Waals surface area contributed by atoms with Crippen LogP contribution in [0, 0.1) is 0 Å². The number of pyridine rings is 1. The van der Waals surface area contributed by atoms with Crippen LogP contribution in [0.1, 0.15) is 38.7 Å². The van der Waals surface area contributed by atoms with Gasteiger partial charge in [0.15, 0.2) is 0 Å². The molecule has 2 aliphatic rings. The molecule has 7 heteroatoms. The monoisotopic (exact) mass is 344 g/mol. The van der Waals surface area contributed by atoms with Crippen LogP contribution in [0.4, 0.5) is 4.79 Å². The van der Waals surface area contributed by atoms with Gasteiger partial charge in [0.1, 0.15) is 12.1 Å². The summed E-state index contributed by atoms with van der Waals surface area (Å²) in [5.41, 5.74) is 0.258. The van der Waals surface area contributed by atoms with E-state index in [2.05, 4.69) is 10.3 Å². The molecule has 1 aromatic heterocycles. The molecule has 1 atom stereocenters. The smallest absolute Gasteiger partial charge is 0.325 e. The predicted molar refractivity (Wildman–Crippen MR) is 91.6 cm³/mol. The number of hydrogen-bond donors (Lipinski definition) is 1. The third kappa shape index (κ3) is 3.65. The molecule has 0 radical (unpaired) electrons. The van der Waals surface area contributed by atoms with Crippen molar-refractivity contribution in [3.8, 4) is 0 Å². The predicted octanol–water partition coefficient (Wildman–Crippen LogP) is 1.34. The Kier molecular flexibility index (Phi) is 4.74. The van der Waals surface area contributed by atoms with E-state index < -0.39 is 11.6 Å². The summed E-state index contributed by atoms with van der Waals surface area (Å²) in [6.45, 7) is 3.79. The lowest BCUT2D eigenvalue weighted by atomic mass is 10.0. The van der Waals surface area contributed by atoms with Crippen LogP contribution in [0.25, 0.3) is 0 Å². The lowest BCUT2D eigenvalue weighted by molar-refractivity contribution is -0.139. The third-order valence-electron chi connectivity index (χ3n) is 4.95. The van der Waals surface area contributed by atoms with E-state index >= 15 is 0 Å². The van der Waals surface area contributed by atoms with Crippen molar-refractivity contribution < 1.29 is 14.4 Å². The number of nitrogens with one attached hydrogen (secondary N) is 1. The Balaban J connectivity index is 1.59. The van der Waals surface area contributed by atoms with Crippen LogP contribution in [0.15, 0.2) is 24.5 Å². The van der Waals surface area contributed by atoms with Gasteiger partial charge >= 0.3 is 6.03 Å². The van der Waals surface area contributed by atoms with Crippen LogP contribution in [-0.4, -0.2) is 57.3 Å². The maximum absolute atomic E-state index is 12.7. The van der Waals surface area contributed by atoms with Crippen molar-refractivity contribution in [1.29, 1.82) is 0 Å². The molecule has 1 N–H and O–H groups in total. The molecule has 0 saturated carbocycles. The number of aryl methyl sites for hydroxylation is 1. The van der Waals surface area contributed by atoms with Gasteiger partial charge in [-0.25, -0.2) is 4.79 Å². The normalized spacial score (nSPS) is 22.4. The van der Waals surface area contributed by atoms with E-state index in [0.717, 1.165) is 30.6 Å². The van der Waals surface area contributed by atoms with Gasteiger partial charge in [-0.05, 0) is 57.2 Å². The van der Waals surface area contributed by atoms with Gasteiger partial charge < -0.3 is 10.2 Å². The highest BCUT2D eigenvalue weighted by Crippen LogP contribution is 2.23. The number of rotatable bonds is 5. The average Bonchev–Trinajstić information content (AvgIpc) is 3.12. The zero-order valence-corrected chi connectivity index (χ0v) is 14.7. The minimum atomic E-state index is -0.941. The molecule has 1 unspecified atom stereocenters. The number of amides is 4. The van der Waals surface area contributed by atoms with Crippen molar-refractivity contribution in [2.75, 3.05) is 13.1 Å². The van der Waals surface area contributed by atoms with Crippen molar-refractivity contribution >= 4 is 17.8 Å². The molecule has 0 aliphatic carbocycles. The lowest BCUT2D eigenvalue weighted by Crippen LogP contribution is -2.46. The first kappa shape index (κ1) is 17.4. The van der Waals surface area contributed by atoms with Crippen LogP contribution in [0.3, 0.4) is 0 Å². The minimum absolute atomic E-state index is 0.154. The van der Waals surface area contributed by atoms with E-state index in [-0.39, 0.29) is 24.4 Å². The first-order chi connectivity index (χ1) is 11.9. The minimum Gasteiger partial charge on any atom is -0.338 e. The highest BCUT2D eigenvalue weighted by Gasteiger charge is 2.45. The molecular weight excluding hydrogens is 320 g/mol. The zero-order chi connectivity index (χ0) is 18.0. The van der Waals surface area contributed by atoms with E-state index in [4.69, 9.17) is 0 Å². The van der Waals surface area contributed by atoms with Crippen LogP contribution >= 0.6 is 0 Å². The summed E-state index contributed by atoms with van der Waals surface area (Å²) in [6, 6.07) is 3.64. The molecule has 0 aromatic carbocycles. The number of aromatic nitrogens is 1. The Morgan fingerprint density at radius 3 is 2.68 bits per heavy atom. The summed E-state index contributed by atoms with van der Waals surface area (Å²) in [5, 5.41) is 2.61. The van der Waals surface area contributed by atoms with Crippen molar-refractivity contribution in [3.63, 3.8) is 0 Å². The Bertz CT molecular complexity index is 674. The summed E-state index contributed by atoms with van der Waals surface area (Å²) >= 11 is 0. The molecule has 2 saturated heterocycles. The van der Waals surface area contributed by atoms with E-state index in [1.165, 1.54) is 5.56 Å². The number of likely N-dealkylation sites (tertiary alicyclic amines) is 1. The van der Waals surface area contributed by atoms with E-state index in [9.17, 15) is 14.4 Å². The zero-order valence-electron chi connectivity index (χ0n) is 14.7. The number of hydrogen-bond acceptors (Lipinski definition) is 4. The number of imide groups is 1. The molecule has 7 nitrogen and oxygen atoms in total. The Morgan fingerprint density at radius 2 is 2.04 bits per heavy atom.